The summed E-state index contributed by atoms with van der Waals surface area (Å²) < 4.78 is 9.70. The normalized spacial score (nSPS) is 23.4. The van der Waals surface area contributed by atoms with Gasteiger partial charge in [-0.1, -0.05) is 13.3 Å². The van der Waals surface area contributed by atoms with E-state index in [1.807, 2.05) is 0 Å². The Morgan fingerprint density at radius 2 is 2.27 bits per heavy atom. The van der Waals surface area contributed by atoms with Crippen molar-refractivity contribution in [2.24, 2.45) is 0 Å². The Labute approximate surface area is 66.6 Å². The molecule has 3 heteroatoms. The van der Waals surface area contributed by atoms with E-state index in [0.29, 0.717) is 11.5 Å². The number of rotatable bonds is 3. The van der Waals surface area contributed by atoms with E-state index in [0.717, 1.165) is 19.3 Å². The van der Waals surface area contributed by atoms with Gasteiger partial charge in [-0.15, -0.1) is 0 Å². The number of aliphatic hydroxyl groups is 1. The highest BCUT2D eigenvalue weighted by molar-refractivity contribution is 5.07. The van der Waals surface area contributed by atoms with Crippen LogP contribution in [0.3, 0.4) is 0 Å². The van der Waals surface area contributed by atoms with Crippen LogP contribution in [0.1, 0.15) is 26.2 Å². The zero-order valence-corrected chi connectivity index (χ0v) is 6.67. The van der Waals surface area contributed by atoms with Crippen LogP contribution < -0.4 is 0 Å². The maximum Gasteiger partial charge on any atom is 0.357 e. The fourth-order valence-corrected chi connectivity index (χ4v) is 0.935. The van der Waals surface area contributed by atoms with E-state index >= 15 is 0 Å². The maximum absolute atomic E-state index is 8.84. The Hall–Kier alpha value is -0.700. The van der Waals surface area contributed by atoms with Crippen LogP contribution in [0.5, 0.6) is 0 Å². The third-order valence-electron chi connectivity index (χ3n) is 1.55. The Morgan fingerprint density at radius 1 is 1.55 bits per heavy atom. The molecule has 0 spiro atoms. The molecule has 1 atom stereocenters. The van der Waals surface area contributed by atoms with Crippen LogP contribution in [-0.2, 0) is 9.47 Å². The van der Waals surface area contributed by atoms with Gasteiger partial charge in [0.2, 0.25) is 0 Å². The fourth-order valence-electron chi connectivity index (χ4n) is 0.935. The van der Waals surface area contributed by atoms with Crippen LogP contribution in [0.4, 0.5) is 0 Å². The molecule has 0 fully saturated rings. The molecule has 0 aromatic carbocycles. The summed E-state index contributed by atoms with van der Waals surface area (Å²) in [5, 5.41) is 8.84. The van der Waals surface area contributed by atoms with Gasteiger partial charge in [0, 0.05) is 13.3 Å². The van der Waals surface area contributed by atoms with Gasteiger partial charge in [0.05, 0.1) is 0 Å². The second kappa shape index (κ2) is 3.62. The summed E-state index contributed by atoms with van der Waals surface area (Å²) in [5.41, 5.74) is 0. The Morgan fingerprint density at radius 3 is 2.73 bits per heavy atom. The molecule has 0 aromatic rings. The molecule has 0 aliphatic carbocycles. The van der Waals surface area contributed by atoms with E-state index in [1.54, 1.807) is 0 Å². The van der Waals surface area contributed by atoms with Gasteiger partial charge in [0.1, 0.15) is 11.5 Å². The Balaban J connectivity index is 2.38. The third kappa shape index (κ3) is 2.12. The van der Waals surface area contributed by atoms with Crippen molar-refractivity contribution in [1.82, 2.24) is 0 Å². The van der Waals surface area contributed by atoms with Crippen molar-refractivity contribution in [3.8, 4) is 0 Å². The Bertz CT molecular complexity index is 163. The van der Waals surface area contributed by atoms with Crippen molar-refractivity contribution in [2.75, 3.05) is 0 Å². The lowest BCUT2D eigenvalue weighted by molar-refractivity contribution is -0.192. The number of unbranched alkanes of at least 4 members (excludes halogenated alkanes) is 1. The summed E-state index contributed by atoms with van der Waals surface area (Å²) >= 11 is 0. The third-order valence-corrected chi connectivity index (χ3v) is 1.55. The predicted molar refractivity (Wildman–Crippen MR) is 40.1 cm³/mol. The highest BCUT2D eigenvalue weighted by atomic mass is 16.8. The molecular weight excluding hydrogens is 144 g/mol. The van der Waals surface area contributed by atoms with Crippen LogP contribution in [-0.4, -0.2) is 11.6 Å². The largest absolute Gasteiger partial charge is 0.433 e. The minimum atomic E-state index is -1.13. The SMILES string of the molecule is [CH2]C1=C(CCCC)OC(O)O1. The van der Waals surface area contributed by atoms with E-state index in [1.165, 1.54) is 0 Å². The topological polar surface area (TPSA) is 38.7 Å². The van der Waals surface area contributed by atoms with Gasteiger partial charge in [-0.25, -0.2) is 0 Å². The summed E-state index contributed by atoms with van der Waals surface area (Å²) in [4.78, 5) is 0. The van der Waals surface area contributed by atoms with E-state index in [9.17, 15) is 0 Å². The fraction of sp³-hybridized carbons (Fsp3) is 0.625. The second-order valence-electron chi connectivity index (χ2n) is 2.49. The second-order valence-corrected chi connectivity index (χ2v) is 2.49. The quantitative estimate of drug-likeness (QED) is 0.675. The molecule has 1 aliphatic rings. The first-order valence-corrected chi connectivity index (χ1v) is 3.80. The lowest BCUT2D eigenvalue weighted by atomic mass is 10.2. The van der Waals surface area contributed by atoms with Crippen molar-refractivity contribution < 1.29 is 14.6 Å². The molecular formula is C8H13O3. The minimum absolute atomic E-state index is 0.464. The highest BCUT2D eigenvalue weighted by Gasteiger charge is 2.20. The van der Waals surface area contributed by atoms with Gasteiger partial charge in [-0.3, -0.25) is 0 Å². The number of allylic oxidation sites excluding steroid dienone is 2. The van der Waals surface area contributed by atoms with Crippen molar-refractivity contribution in [3.05, 3.63) is 18.4 Å². The first-order chi connectivity index (χ1) is 5.24. The van der Waals surface area contributed by atoms with Crippen LogP contribution in [0.2, 0.25) is 0 Å². The molecule has 1 N–H and O–H groups in total. The van der Waals surface area contributed by atoms with Crippen molar-refractivity contribution in [2.45, 2.75) is 32.7 Å². The smallest absolute Gasteiger partial charge is 0.357 e. The Kier molecular flexibility index (Phi) is 2.76. The lowest BCUT2D eigenvalue weighted by Crippen LogP contribution is -2.05. The van der Waals surface area contributed by atoms with E-state index in [-0.39, 0.29) is 0 Å². The molecule has 1 rings (SSSR count). The van der Waals surface area contributed by atoms with Crippen LogP contribution in [0.15, 0.2) is 11.5 Å². The molecule has 0 amide bonds. The minimum Gasteiger partial charge on any atom is -0.433 e. The number of hydrogen-bond donors (Lipinski definition) is 1. The highest BCUT2D eigenvalue weighted by Crippen LogP contribution is 2.23. The van der Waals surface area contributed by atoms with E-state index in [4.69, 9.17) is 14.6 Å². The van der Waals surface area contributed by atoms with Crippen LogP contribution in [0.25, 0.3) is 0 Å². The molecule has 1 unspecified atom stereocenters. The van der Waals surface area contributed by atoms with Gasteiger partial charge >= 0.3 is 6.48 Å². The molecule has 3 nitrogen and oxygen atoms in total. The summed E-state index contributed by atoms with van der Waals surface area (Å²) in [7, 11) is 0. The first kappa shape index (κ1) is 8.40. The van der Waals surface area contributed by atoms with Crippen LogP contribution >= 0.6 is 0 Å². The molecule has 11 heavy (non-hydrogen) atoms. The zero-order valence-electron chi connectivity index (χ0n) is 6.67. The molecule has 1 heterocycles. The van der Waals surface area contributed by atoms with Crippen molar-refractivity contribution >= 4 is 0 Å². The van der Waals surface area contributed by atoms with Gasteiger partial charge in [0.15, 0.2) is 0 Å². The van der Waals surface area contributed by atoms with Crippen molar-refractivity contribution in [3.63, 3.8) is 0 Å². The molecule has 1 aliphatic heterocycles. The monoisotopic (exact) mass is 157 g/mol. The average molecular weight is 157 g/mol. The maximum atomic E-state index is 8.84. The zero-order chi connectivity index (χ0) is 8.27. The van der Waals surface area contributed by atoms with Crippen LogP contribution in [0, 0.1) is 6.92 Å². The number of ether oxygens (including phenoxy) is 2. The van der Waals surface area contributed by atoms with Gasteiger partial charge in [-0.05, 0) is 6.42 Å². The van der Waals surface area contributed by atoms with E-state index < -0.39 is 6.48 Å². The molecule has 63 valence electrons. The summed E-state index contributed by atoms with van der Waals surface area (Å²) in [5.74, 6) is 1.14. The summed E-state index contributed by atoms with van der Waals surface area (Å²) in [6.45, 7) is 4.56. The van der Waals surface area contributed by atoms with Gasteiger partial charge in [-0.2, -0.15) is 0 Å². The van der Waals surface area contributed by atoms with Gasteiger partial charge in [0.25, 0.3) is 0 Å². The average Bonchev–Trinajstić information content (AvgIpc) is 2.26. The van der Waals surface area contributed by atoms with Crippen molar-refractivity contribution in [1.29, 1.82) is 0 Å². The molecule has 1 radical (unpaired) electrons. The predicted octanol–water partition coefficient (Wildman–Crippen LogP) is 1.54. The number of hydrogen-bond acceptors (Lipinski definition) is 3. The summed E-state index contributed by atoms with van der Waals surface area (Å²) in [6.07, 6.45) is 2.92. The molecule has 0 saturated heterocycles. The molecule has 0 saturated carbocycles. The molecule has 0 aromatic heterocycles. The summed E-state index contributed by atoms with van der Waals surface area (Å²) in [6, 6.07) is 0. The van der Waals surface area contributed by atoms with Gasteiger partial charge < -0.3 is 14.6 Å². The lowest BCUT2D eigenvalue weighted by Gasteiger charge is -2.02. The standard InChI is InChI=1S/C8H13O3/c1-3-4-5-7-6(2)10-8(9)11-7/h8-9H,2-5H2,1H3. The first-order valence-electron chi connectivity index (χ1n) is 3.80. The number of aliphatic hydroxyl groups excluding tert-OH is 1. The molecule has 0 bridgehead atoms. The van der Waals surface area contributed by atoms with E-state index in [2.05, 4.69) is 13.8 Å².